The lowest BCUT2D eigenvalue weighted by Gasteiger charge is -2.18. The maximum Gasteiger partial charge on any atom is 0.125 e. The summed E-state index contributed by atoms with van der Waals surface area (Å²) in [5.41, 5.74) is 2.51. The summed E-state index contributed by atoms with van der Waals surface area (Å²) in [4.78, 5) is 0. The molecule has 18 heavy (non-hydrogen) atoms. The summed E-state index contributed by atoms with van der Waals surface area (Å²) in [7, 11) is 0. The van der Waals surface area contributed by atoms with Crippen LogP contribution in [0.1, 0.15) is 35.6 Å². The normalized spacial score (nSPS) is 12.7. The Morgan fingerprint density at radius 2 is 2.00 bits per heavy atom. The first-order valence-corrected chi connectivity index (χ1v) is 6.97. The van der Waals surface area contributed by atoms with Crippen LogP contribution in [-0.4, -0.2) is 6.54 Å². The average Bonchev–Trinajstić information content (AvgIpc) is 2.76. The fourth-order valence-corrected chi connectivity index (χ4v) is 2.48. The van der Waals surface area contributed by atoms with Gasteiger partial charge in [-0.25, -0.2) is 0 Å². The van der Waals surface area contributed by atoms with Crippen LogP contribution in [0, 0.1) is 13.8 Å². The van der Waals surface area contributed by atoms with Crippen molar-refractivity contribution in [3.05, 3.63) is 57.5 Å². The summed E-state index contributed by atoms with van der Waals surface area (Å²) in [6.07, 6.45) is 0. The van der Waals surface area contributed by atoms with Crippen molar-refractivity contribution in [2.75, 3.05) is 6.54 Å². The Bertz CT molecular complexity index is 533. The van der Waals surface area contributed by atoms with E-state index < -0.39 is 0 Å². The van der Waals surface area contributed by atoms with E-state index in [1.54, 1.807) is 0 Å². The van der Waals surface area contributed by atoms with Gasteiger partial charge in [-0.1, -0.05) is 28.9 Å². The summed E-state index contributed by atoms with van der Waals surface area (Å²) >= 11 is 3.54. The minimum Gasteiger partial charge on any atom is -0.464 e. The first-order valence-electron chi connectivity index (χ1n) is 6.17. The number of benzene rings is 1. The fourth-order valence-electron chi connectivity index (χ4n) is 2.10. The average molecular weight is 308 g/mol. The number of hydrogen-bond donors (Lipinski definition) is 1. The molecule has 2 rings (SSSR count). The molecule has 0 radical (unpaired) electrons. The molecule has 96 valence electrons. The van der Waals surface area contributed by atoms with Gasteiger partial charge in [0.2, 0.25) is 0 Å². The topological polar surface area (TPSA) is 25.2 Å². The Morgan fingerprint density at radius 3 is 2.61 bits per heavy atom. The van der Waals surface area contributed by atoms with Crippen molar-refractivity contribution < 1.29 is 4.42 Å². The van der Waals surface area contributed by atoms with Gasteiger partial charge in [-0.3, -0.25) is 0 Å². The molecule has 0 aliphatic carbocycles. The van der Waals surface area contributed by atoms with E-state index in [1.165, 1.54) is 11.1 Å². The van der Waals surface area contributed by atoms with Gasteiger partial charge in [0, 0.05) is 4.47 Å². The highest BCUT2D eigenvalue weighted by Crippen LogP contribution is 2.28. The Morgan fingerprint density at radius 1 is 1.22 bits per heavy atom. The lowest BCUT2D eigenvalue weighted by Crippen LogP contribution is -2.22. The number of aryl methyl sites for hydroxylation is 2. The second-order valence-corrected chi connectivity index (χ2v) is 5.36. The summed E-state index contributed by atoms with van der Waals surface area (Å²) in [6, 6.07) is 10.5. The summed E-state index contributed by atoms with van der Waals surface area (Å²) in [5.74, 6) is 1.91. The standard InChI is InChI=1S/C15H18BrNO/c1-4-17-15(14-8-6-11(3)18-14)13-9-12(16)7-5-10(13)2/h5-9,15,17H,4H2,1-3H3. The van der Waals surface area contributed by atoms with Gasteiger partial charge in [0.25, 0.3) is 0 Å². The molecule has 0 saturated carbocycles. The molecular weight excluding hydrogens is 290 g/mol. The van der Waals surface area contributed by atoms with Crippen LogP contribution in [0.15, 0.2) is 39.2 Å². The van der Waals surface area contributed by atoms with Gasteiger partial charge < -0.3 is 9.73 Å². The number of furan rings is 1. The highest BCUT2D eigenvalue weighted by atomic mass is 79.9. The van der Waals surface area contributed by atoms with Gasteiger partial charge in [-0.2, -0.15) is 0 Å². The molecule has 0 fully saturated rings. The van der Waals surface area contributed by atoms with Crippen molar-refractivity contribution >= 4 is 15.9 Å². The van der Waals surface area contributed by atoms with Crippen LogP contribution in [0.3, 0.4) is 0 Å². The maximum absolute atomic E-state index is 5.77. The van der Waals surface area contributed by atoms with E-state index in [4.69, 9.17) is 4.42 Å². The van der Waals surface area contributed by atoms with E-state index in [9.17, 15) is 0 Å². The SMILES string of the molecule is CCNC(c1ccc(C)o1)c1cc(Br)ccc1C. The van der Waals surface area contributed by atoms with Crippen molar-refractivity contribution in [3.63, 3.8) is 0 Å². The van der Waals surface area contributed by atoms with Gasteiger partial charge >= 0.3 is 0 Å². The monoisotopic (exact) mass is 307 g/mol. The third kappa shape index (κ3) is 2.85. The Kier molecular flexibility index (Phi) is 4.25. The molecule has 0 aliphatic heterocycles. The van der Waals surface area contributed by atoms with Crippen molar-refractivity contribution in [1.82, 2.24) is 5.32 Å². The van der Waals surface area contributed by atoms with Crippen LogP contribution in [0.5, 0.6) is 0 Å². The molecule has 0 aliphatic rings. The Balaban J connectivity index is 2.44. The lowest BCUT2D eigenvalue weighted by atomic mass is 9.99. The van der Waals surface area contributed by atoms with E-state index in [2.05, 4.69) is 53.3 Å². The fraction of sp³-hybridized carbons (Fsp3) is 0.333. The van der Waals surface area contributed by atoms with Gasteiger partial charge in [0.1, 0.15) is 11.5 Å². The van der Waals surface area contributed by atoms with Crippen molar-refractivity contribution in [3.8, 4) is 0 Å². The smallest absolute Gasteiger partial charge is 0.125 e. The van der Waals surface area contributed by atoms with Crippen LogP contribution in [-0.2, 0) is 0 Å². The predicted molar refractivity (Wildman–Crippen MR) is 77.8 cm³/mol. The molecular formula is C15H18BrNO. The molecule has 2 aromatic rings. The van der Waals surface area contributed by atoms with Crippen molar-refractivity contribution in [2.45, 2.75) is 26.8 Å². The zero-order valence-corrected chi connectivity index (χ0v) is 12.5. The molecule has 0 amide bonds. The third-order valence-electron chi connectivity index (χ3n) is 3.01. The summed E-state index contributed by atoms with van der Waals surface area (Å²) in [5, 5.41) is 3.48. The van der Waals surface area contributed by atoms with Gasteiger partial charge in [-0.05, 0) is 55.8 Å². The summed E-state index contributed by atoms with van der Waals surface area (Å²) in [6.45, 7) is 7.11. The highest BCUT2D eigenvalue weighted by molar-refractivity contribution is 9.10. The van der Waals surface area contributed by atoms with Crippen LogP contribution in [0.25, 0.3) is 0 Å². The van der Waals surface area contributed by atoms with Gasteiger partial charge in [0.05, 0.1) is 6.04 Å². The molecule has 0 spiro atoms. The minimum atomic E-state index is 0.112. The van der Waals surface area contributed by atoms with E-state index >= 15 is 0 Å². The number of rotatable bonds is 4. The first-order chi connectivity index (χ1) is 8.61. The molecule has 1 aromatic heterocycles. The van der Waals surface area contributed by atoms with Crippen LogP contribution >= 0.6 is 15.9 Å². The highest BCUT2D eigenvalue weighted by Gasteiger charge is 2.18. The Labute approximate surface area is 117 Å². The van der Waals surface area contributed by atoms with E-state index in [-0.39, 0.29) is 6.04 Å². The Hall–Kier alpha value is -1.06. The molecule has 0 bridgehead atoms. The van der Waals surface area contributed by atoms with Crippen molar-refractivity contribution in [2.24, 2.45) is 0 Å². The quantitative estimate of drug-likeness (QED) is 0.908. The number of nitrogens with one attached hydrogen (secondary N) is 1. The molecule has 0 saturated heterocycles. The van der Waals surface area contributed by atoms with Crippen LogP contribution < -0.4 is 5.32 Å². The molecule has 1 heterocycles. The van der Waals surface area contributed by atoms with Crippen LogP contribution in [0.2, 0.25) is 0 Å². The predicted octanol–water partition coefficient (Wildman–Crippen LogP) is 4.36. The van der Waals surface area contributed by atoms with E-state index in [0.29, 0.717) is 0 Å². The van der Waals surface area contributed by atoms with Crippen molar-refractivity contribution in [1.29, 1.82) is 0 Å². The second kappa shape index (κ2) is 5.72. The molecule has 1 atom stereocenters. The lowest BCUT2D eigenvalue weighted by molar-refractivity contribution is 0.434. The van der Waals surface area contributed by atoms with E-state index in [0.717, 1.165) is 22.5 Å². The zero-order chi connectivity index (χ0) is 13.1. The zero-order valence-electron chi connectivity index (χ0n) is 11.0. The first kappa shape index (κ1) is 13.4. The second-order valence-electron chi connectivity index (χ2n) is 4.44. The molecule has 3 heteroatoms. The summed E-state index contributed by atoms with van der Waals surface area (Å²) < 4.78 is 6.86. The third-order valence-corrected chi connectivity index (χ3v) is 3.50. The number of halogens is 1. The van der Waals surface area contributed by atoms with Gasteiger partial charge in [0.15, 0.2) is 0 Å². The maximum atomic E-state index is 5.77. The van der Waals surface area contributed by atoms with E-state index in [1.807, 2.05) is 19.1 Å². The van der Waals surface area contributed by atoms with Gasteiger partial charge in [-0.15, -0.1) is 0 Å². The largest absolute Gasteiger partial charge is 0.464 e. The molecule has 1 N–H and O–H groups in total. The minimum absolute atomic E-state index is 0.112. The van der Waals surface area contributed by atoms with Crippen LogP contribution in [0.4, 0.5) is 0 Å². The molecule has 1 aromatic carbocycles. The molecule has 1 unspecified atom stereocenters. The molecule has 2 nitrogen and oxygen atoms in total. The number of hydrogen-bond acceptors (Lipinski definition) is 2.